The molecule has 0 radical (unpaired) electrons. The molecule has 0 spiro atoms. The van der Waals surface area contributed by atoms with E-state index in [2.05, 4.69) is 4.74 Å². The van der Waals surface area contributed by atoms with Crippen LogP contribution in [-0.2, 0) is 19.4 Å². The first kappa shape index (κ1) is 19.1. The molecule has 0 aromatic carbocycles. The van der Waals surface area contributed by atoms with Crippen molar-refractivity contribution in [2.24, 2.45) is 5.92 Å². The molecule has 4 nitrogen and oxygen atoms in total. The molecule has 0 bridgehead atoms. The molecule has 1 saturated heterocycles. The number of carbonyl (C=O) groups excluding carboxylic acids is 1. The second kappa shape index (κ2) is 7.10. The number of hydrogen-bond acceptors (Lipinski definition) is 4. The molecule has 0 atom stereocenters. The van der Waals surface area contributed by atoms with Crippen LogP contribution in [0.4, 0.5) is 22.0 Å². The van der Waals surface area contributed by atoms with E-state index in [4.69, 9.17) is 0 Å². The van der Waals surface area contributed by atoms with E-state index in [1.54, 1.807) is 0 Å². The highest BCUT2D eigenvalue weighted by Gasteiger charge is 2.45. The van der Waals surface area contributed by atoms with Gasteiger partial charge < -0.3 is 4.74 Å². The van der Waals surface area contributed by atoms with Crippen LogP contribution in [0.15, 0.2) is 0 Å². The van der Waals surface area contributed by atoms with Crippen molar-refractivity contribution in [1.82, 2.24) is 0 Å². The molecule has 1 heterocycles. The lowest BCUT2D eigenvalue weighted by molar-refractivity contribution is -0.193. The lowest BCUT2D eigenvalue weighted by atomic mass is 10.00. The van der Waals surface area contributed by atoms with Crippen LogP contribution >= 0.6 is 0 Å². The molecule has 0 N–H and O–H groups in total. The van der Waals surface area contributed by atoms with Crippen molar-refractivity contribution in [3.63, 3.8) is 0 Å². The number of carbonyl (C=O) groups is 1. The molecule has 0 saturated carbocycles. The van der Waals surface area contributed by atoms with Gasteiger partial charge in [-0.25, -0.2) is 17.2 Å². The Kier molecular flexibility index (Phi) is 6.17. The van der Waals surface area contributed by atoms with Crippen LogP contribution in [0.25, 0.3) is 0 Å². The Morgan fingerprint density at radius 3 is 2.14 bits per heavy atom. The predicted molar refractivity (Wildman–Crippen MR) is 67.2 cm³/mol. The molecular weight excluding hydrogens is 335 g/mol. The van der Waals surface area contributed by atoms with Gasteiger partial charge in [0.2, 0.25) is 0 Å². The molecule has 1 rings (SSSR count). The monoisotopic (exact) mass is 352 g/mol. The average Bonchev–Trinajstić information content (AvgIpc) is 2.27. The predicted octanol–water partition coefficient (Wildman–Crippen LogP) is 2.72. The minimum atomic E-state index is -5.06. The van der Waals surface area contributed by atoms with E-state index in [0.29, 0.717) is 19.3 Å². The van der Waals surface area contributed by atoms with Crippen LogP contribution < -0.4 is 0 Å². The van der Waals surface area contributed by atoms with E-state index in [1.807, 2.05) is 0 Å². The molecule has 0 aliphatic carbocycles. The number of esters is 1. The van der Waals surface area contributed by atoms with Crippen LogP contribution in [0.2, 0.25) is 0 Å². The van der Waals surface area contributed by atoms with E-state index < -0.39 is 40.7 Å². The fourth-order valence-electron chi connectivity index (χ4n) is 2.18. The van der Waals surface area contributed by atoms with Gasteiger partial charge in [-0.2, -0.15) is 13.2 Å². The first-order valence-electron chi connectivity index (χ1n) is 6.69. The Labute approximate surface area is 124 Å². The summed E-state index contributed by atoms with van der Waals surface area (Å²) in [6.07, 6.45) is -7.92. The molecule has 0 amide bonds. The summed E-state index contributed by atoms with van der Waals surface area (Å²) < 4.78 is 88.4. The van der Waals surface area contributed by atoms with E-state index in [-0.39, 0.29) is 24.0 Å². The van der Waals surface area contributed by atoms with E-state index >= 15 is 0 Å². The van der Waals surface area contributed by atoms with Crippen LogP contribution in [0.1, 0.15) is 32.1 Å². The van der Waals surface area contributed by atoms with E-state index in [1.165, 1.54) is 0 Å². The van der Waals surface area contributed by atoms with E-state index in [0.717, 1.165) is 0 Å². The Bertz CT molecular complexity index is 472. The van der Waals surface area contributed by atoms with Crippen molar-refractivity contribution in [3.8, 4) is 0 Å². The van der Waals surface area contributed by atoms with Crippen molar-refractivity contribution < 1.29 is 39.9 Å². The summed E-state index contributed by atoms with van der Waals surface area (Å²) in [5.74, 6) is -5.50. The molecule has 1 aliphatic heterocycles. The van der Waals surface area contributed by atoms with Gasteiger partial charge in [-0.15, -0.1) is 0 Å². The molecule has 0 aromatic rings. The third kappa shape index (κ3) is 7.90. The van der Waals surface area contributed by atoms with Crippen LogP contribution in [0, 0.1) is 5.92 Å². The van der Waals surface area contributed by atoms with Crippen molar-refractivity contribution in [2.45, 2.75) is 44.2 Å². The zero-order chi connectivity index (χ0) is 17.0. The standard InChI is InChI=1S/C12H17F5O4S/c13-11(14,8-12(15,16)17)7-10(18)21-4-1-9-2-5-22(19,20)6-3-9/h9H,1-8H2. The zero-order valence-electron chi connectivity index (χ0n) is 11.7. The van der Waals surface area contributed by atoms with Crippen molar-refractivity contribution >= 4 is 15.8 Å². The summed E-state index contributed by atoms with van der Waals surface area (Å²) in [6, 6.07) is 0. The van der Waals surface area contributed by atoms with Crippen molar-refractivity contribution in [1.29, 1.82) is 0 Å². The molecular formula is C12H17F5O4S. The number of ether oxygens (including phenoxy) is 1. The molecule has 0 unspecified atom stereocenters. The zero-order valence-corrected chi connectivity index (χ0v) is 12.5. The average molecular weight is 352 g/mol. The molecule has 22 heavy (non-hydrogen) atoms. The van der Waals surface area contributed by atoms with Crippen molar-refractivity contribution in [2.75, 3.05) is 18.1 Å². The largest absolute Gasteiger partial charge is 0.466 e. The van der Waals surface area contributed by atoms with Gasteiger partial charge in [0.05, 0.1) is 18.1 Å². The number of rotatable bonds is 6. The first-order valence-corrected chi connectivity index (χ1v) is 8.51. The highest BCUT2D eigenvalue weighted by molar-refractivity contribution is 7.91. The van der Waals surface area contributed by atoms with Gasteiger partial charge in [-0.3, -0.25) is 4.79 Å². The lowest BCUT2D eigenvalue weighted by Crippen LogP contribution is -2.29. The summed E-state index contributed by atoms with van der Waals surface area (Å²) in [5, 5.41) is 0. The van der Waals surface area contributed by atoms with Gasteiger partial charge >= 0.3 is 12.1 Å². The van der Waals surface area contributed by atoms with Gasteiger partial charge in [0.25, 0.3) is 5.92 Å². The molecule has 0 aromatic heterocycles. The van der Waals surface area contributed by atoms with Crippen molar-refractivity contribution in [3.05, 3.63) is 0 Å². The minimum Gasteiger partial charge on any atom is -0.466 e. The van der Waals surface area contributed by atoms with Gasteiger partial charge in [0.1, 0.15) is 22.7 Å². The van der Waals surface area contributed by atoms with E-state index in [9.17, 15) is 35.2 Å². The van der Waals surface area contributed by atoms with Crippen LogP contribution in [0.3, 0.4) is 0 Å². The lowest BCUT2D eigenvalue weighted by Gasteiger charge is -2.22. The highest BCUT2D eigenvalue weighted by Crippen LogP contribution is 2.34. The molecule has 1 aliphatic rings. The second-order valence-electron chi connectivity index (χ2n) is 5.43. The van der Waals surface area contributed by atoms with Crippen LogP contribution in [0.5, 0.6) is 0 Å². The SMILES string of the molecule is O=C(CC(F)(F)CC(F)(F)F)OCCC1CCS(=O)(=O)CC1. The van der Waals surface area contributed by atoms with Gasteiger partial charge in [0.15, 0.2) is 0 Å². The third-order valence-corrected chi connectivity index (χ3v) is 5.04. The quantitative estimate of drug-likeness (QED) is 0.545. The number of hydrogen-bond donors (Lipinski definition) is 0. The maximum absolute atomic E-state index is 12.9. The first-order chi connectivity index (χ1) is 9.89. The summed E-state index contributed by atoms with van der Waals surface area (Å²) in [5.41, 5.74) is 0. The topological polar surface area (TPSA) is 60.4 Å². The number of alkyl halides is 5. The summed E-state index contributed by atoms with van der Waals surface area (Å²) >= 11 is 0. The summed E-state index contributed by atoms with van der Waals surface area (Å²) in [6.45, 7) is -0.203. The smallest absolute Gasteiger partial charge is 0.394 e. The Morgan fingerprint density at radius 2 is 1.64 bits per heavy atom. The fraction of sp³-hybridized carbons (Fsp3) is 0.917. The van der Waals surface area contributed by atoms with Gasteiger partial charge in [-0.1, -0.05) is 0 Å². The molecule has 1 fully saturated rings. The third-order valence-electron chi connectivity index (χ3n) is 3.33. The normalized spacial score (nSPS) is 19.9. The Hall–Kier alpha value is -0.930. The van der Waals surface area contributed by atoms with Gasteiger partial charge in [-0.05, 0) is 25.2 Å². The summed E-state index contributed by atoms with van der Waals surface area (Å²) in [7, 11) is -3.01. The highest BCUT2D eigenvalue weighted by atomic mass is 32.2. The fourth-order valence-corrected chi connectivity index (χ4v) is 3.77. The van der Waals surface area contributed by atoms with Crippen LogP contribution in [-0.4, -0.2) is 44.6 Å². The Balaban J connectivity index is 2.26. The molecule has 10 heteroatoms. The number of halogens is 5. The minimum absolute atomic E-state index is 0.00649. The maximum atomic E-state index is 12.9. The second-order valence-corrected chi connectivity index (χ2v) is 7.73. The maximum Gasteiger partial charge on any atom is 0.394 e. The Morgan fingerprint density at radius 1 is 1.09 bits per heavy atom. The van der Waals surface area contributed by atoms with Gasteiger partial charge in [0, 0.05) is 0 Å². The number of sulfone groups is 1. The molecule has 130 valence electrons. The summed E-state index contributed by atoms with van der Waals surface area (Å²) in [4.78, 5) is 11.1.